The second-order valence-corrected chi connectivity index (χ2v) is 6.77. The summed E-state index contributed by atoms with van der Waals surface area (Å²) in [6.07, 6.45) is 1.53. The van der Waals surface area contributed by atoms with E-state index in [0.29, 0.717) is 16.3 Å². The molecule has 0 unspecified atom stereocenters. The highest BCUT2D eigenvalue weighted by Crippen LogP contribution is 2.21. The zero-order chi connectivity index (χ0) is 14.0. The maximum atomic E-state index is 12.2. The van der Waals surface area contributed by atoms with E-state index in [-0.39, 0.29) is 9.88 Å². The Hall–Kier alpha value is -1.51. The molecule has 0 aliphatic heterocycles. The minimum atomic E-state index is -3.64. The molecule has 100 valence electrons. The number of nitrogens with zero attached hydrogens (tertiary/aromatic N) is 1. The maximum Gasteiger partial charge on any atom is 0.263 e. The average Bonchev–Trinajstić information content (AvgIpc) is 2.80. The van der Waals surface area contributed by atoms with Crippen LogP contribution >= 0.6 is 23.6 Å². The SMILES string of the molecule is Cc1cc(C(N)=S)ccc1S(=O)(=O)Nc1nccs1. The van der Waals surface area contributed by atoms with Crippen molar-refractivity contribution < 1.29 is 8.42 Å². The lowest BCUT2D eigenvalue weighted by atomic mass is 10.1. The van der Waals surface area contributed by atoms with Crippen LogP contribution in [0.3, 0.4) is 0 Å². The number of hydrogen-bond donors (Lipinski definition) is 2. The van der Waals surface area contributed by atoms with Gasteiger partial charge in [0.05, 0.1) is 4.90 Å². The number of benzene rings is 1. The van der Waals surface area contributed by atoms with Crippen LogP contribution in [0.5, 0.6) is 0 Å². The molecule has 0 radical (unpaired) electrons. The standard InChI is InChI=1S/C11H11N3O2S3/c1-7-6-8(10(12)17)2-3-9(7)19(15,16)14-11-13-4-5-18-11/h2-6H,1H3,(H2,12,17)(H,13,14). The summed E-state index contributed by atoms with van der Waals surface area (Å²) in [6.45, 7) is 1.69. The van der Waals surface area contributed by atoms with Crippen molar-refractivity contribution in [3.05, 3.63) is 40.9 Å². The van der Waals surface area contributed by atoms with Crippen molar-refractivity contribution in [2.24, 2.45) is 5.73 Å². The highest BCUT2D eigenvalue weighted by Gasteiger charge is 2.18. The van der Waals surface area contributed by atoms with Gasteiger partial charge in [-0.3, -0.25) is 4.72 Å². The van der Waals surface area contributed by atoms with E-state index in [1.165, 1.54) is 23.6 Å². The molecule has 0 amide bonds. The Labute approximate surface area is 120 Å². The fourth-order valence-corrected chi connectivity index (χ4v) is 3.69. The monoisotopic (exact) mass is 313 g/mol. The van der Waals surface area contributed by atoms with Gasteiger partial charge in [-0.25, -0.2) is 13.4 Å². The van der Waals surface area contributed by atoms with E-state index in [9.17, 15) is 8.42 Å². The van der Waals surface area contributed by atoms with Crippen molar-refractivity contribution in [3.63, 3.8) is 0 Å². The molecule has 1 aromatic heterocycles. The molecule has 0 aliphatic carbocycles. The number of nitrogens with two attached hydrogens (primary N) is 1. The van der Waals surface area contributed by atoms with Crippen molar-refractivity contribution in [2.45, 2.75) is 11.8 Å². The van der Waals surface area contributed by atoms with Gasteiger partial charge < -0.3 is 5.73 Å². The van der Waals surface area contributed by atoms with Gasteiger partial charge in [-0.05, 0) is 24.6 Å². The number of sulfonamides is 1. The molecule has 2 aromatic rings. The Kier molecular flexibility index (Phi) is 3.83. The third-order valence-electron chi connectivity index (χ3n) is 2.40. The van der Waals surface area contributed by atoms with Gasteiger partial charge in [0.25, 0.3) is 10.0 Å². The van der Waals surface area contributed by atoms with Crippen LogP contribution in [0, 0.1) is 6.92 Å². The van der Waals surface area contributed by atoms with Crippen molar-refractivity contribution in [3.8, 4) is 0 Å². The van der Waals surface area contributed by atoms with Gasteiger partial charge in [0.2, 0.25) is 0 Å². The number of aromatic nitrogens is 1. The first-order chi connectivity index (χ1) is 8.90. The van der Waals surface area contributed by atoms with Crippen molar-refractivity contribution in [1.82, 2.24) is 4.98 Å². The van der Waals surface area contributed by atoms with Gasteiger partial charge in [0, 0.05) is 17.1 Å². The number of aryl methyl sites for hydroxylation is 1. The second kappa shape index (κ2) is 5.24. The van der Waals surface area contributed by atoms with E-state index in [2.05, 4.69) is 9.71 Å². The molecule has 0 fully saturated rings. The number of anilines is 1. The Morgan fingerprint density at radius 2 is 2.21 bits per heavy atom. The van der Waals surface area contributed by atoms with E-state index < -0.39 is 10.0 Å². The lowest BCUT2D eigenvalue weighted by molar-refractivity contribution is 0.600. The molecule has 8 heteroatoms. The summed E-state index contributed by atoms with van der Waals surface area (Å²) in [4.78, 5) is 4.31. The largest absolute Gasteiger partial charge is 0.389 e. The van der Waals surface area contributed by atoms with Crippen molar-refractivity contribution in [1.29, 1.82) is 0 Å². The predicted molar refractivity (Wildman–Crippen MR) is 80.0 cm³/mol. The molecule has 2 rings (SSSR count). The smallest absolute Gasteiger partial charge is 0.263 e. The maximum absolute atomic E-state index is 12.2. The average molecular weight is 313 g/mol. The van der Waals surface area contributed by atoms with Crippen LogP contribution in [0.4, 0.5) is 5.13 Å². The van der Waals surface area contributed by atoms with Crippen molar-refractivity contribution >= 4 is 43.7 Å². The predicted octanol–water partition coefficient (Wildman–Crippen LogP) is 1.89. The second-order valence-electron chi connectivity index (χ2n) is 3.79. The summed E-state index contributed by atoms with van der Waals surface area (Å²) >= 11 is 6.07. The summed E-state index contributed by atoms with van der Waals surface area (Å²) < 4.78 is 26.8. The summed E-state index contributed by atoms with van der Waals surface area (Å²) in [5, 5.41) is 2.03. The van der Waals surface area contributed by atoms with Crippen LogP contribution in [-0.4, -0.2) is 18.4 Å². The molecule has 0 saturated carbocycles. The molecule has 0 spiro atoms. The lowest BCUT2D eigenvalue weighted by Gasteiger charge is -2.09. The number of thiazole rings is 1. The van der Waals surface area contributed by atoms with E-state index in [1.807, 2.05) is 0 Å². The molecular weight excluding hydrogens is 302 g/mol. The first-order valence-electron chi connectivity index (χ1n) is 5.23. The quantitative estimate of drug-likeness (QED) is 0.842. The fourth-order valence-electron chi connectivity index (χ4n) is 1.55. The Balaban J connectivity index is 2.38. The zero-order valence-corrected chi connectivity index (χ0v) is 12.4. The number of thiocarbonyl (C=S) groups is 1. The third-order valence-corrected chi connectivity index (χ3v) is 4.96. The Morgan fingerprint density at radius 3 is 2.74 bits per heavy atom. The van der Waals surface area contributed by atoms with Crippen LogP contribution in [0.1, 0.15) is 11.1 Å². The summed E-state index contributed by atoms with van der Waals surface area (Å²) in [5.74, 6) is 0. The van der Waals surface area contributed by atoms with Gasteiger partial charge in [0.15, 0.2) is 5.13 Å². The molecule has 3 N–H and O–H groups in total. The van der Waals surface area contributed by atoms with Crippen LogP contribution in [0.15, 0.2) is 34.7 Å². The molecular formula is C11H11N3O2S3. The minimum Gasteiger partial charge on any atom is -0.389 e. The Morgan fingerprint density at radius 1 is 1.47 bits per heavy atom. The van der Waals surface area contributed by atoms with Gasteiger partial charge >= 0.3 is 0 Å². The molecule has 0 atom stereocenters. The fraction of sp³-hybridized carbons (Fsp3) is 0.0909. The summed E-state index contributed by atoms with van der Waals surface area (Å²) in [5.41, 5.74) is 6.73. The van der Waals surface area contributed by atoms with Gasteiger partial charge in [-0.2, -0.15) is 0 Å². The van der Waals surface area contributed by atoms with Crippen LogP contribution in [0.2, 0.25) is 0 Å². The van der Waals surface area contributed by atoms with Crippen molar-refractivity contribution in [2.75, 3.05) is 4.72 Å². The van der Waals surface area contributed by atoms with Crippen LogP contribution in [0.25, 0.3) is 0 Å². The summed E-state index contributed by atoms with van der Waals surface area (Å²) in [7, 11) is -3.64. The third kappa shape index (κ3) is 3.09. The van der Waals surface area contributed by atoms with Gasteiger partial charge in [-0.1, -0.05) is 18.3 Å². The summed E-state index contributed by atoms with van der Waals surface area (Å²) in [6, 6.07) is 4.73. The molecule has 19 heavy (non-hydrogen) atoms. The van der Waals surface area contributed by atoms with Gasteiger partial charge in [-0.15, -0.1) is 11.3 Å². The molecule has 5 nitrogen and oxygen atoms in total. The Bertz CT molecular complexity index is 709. The van der Waals surface area contributed by atoms with E-state index in [0.717, 1.165) is 0 Å². The number of hydrogen-bond acceptors (Lipinski definition) is 5. The molecule has 0 saturated heterocycles. The zero-order valence-electron chi connectivity index (χ0n) is 9.95. The van der Waals surface area contributed by atoms with Gasteiger partial charge in [0.1, 0.15) is 4.99 Å². The molecule has 0 bridgehead atoms. The highest BCUT2D eigenvalue weighted by atomic mass is 32.2. The van der Waals surface area contributed by atoms with Crippen LogP contribution in [-0.2, 0) is 10.0 Å². The topological polar surface area (TPSA) is 85.1 Å². The highest BCUT2D eigenvalue weighted by molar-refractivity contribution is 7.93. The first kappa shape index (κ1) is 13.9. The minimum absolute atomic E-state index is 0.183. The van der Waals surface area contributed by atoms with E-state index in [1.54, 1.807) is 24.4 Å². The molecule has 1 aromatic carbocycles. The first-order valence-corrected chi connectivity index (χ1v) is 8.00. The van der Waals surface area contributed by atoms with E-state index in [4.69, 9.17) is 18.0 Å². The number of nitrogens with one attached hydrogen (secondary N) is 1. The molecule has 1 heterocycles. The van der Waals surface area contributed by atoms with E-state index >= 15 is 0 Å². The van der Waals surface area contributed by atoms with Crippen LogP contribution < -0.4 is 10.5 Å². The normalized spacial score (nSPS) is 11.2. The number of rotatable bonds is 4. The molecule has 0 aliphatic rings. The lowest BCUT2D eigenvalue weighted by Crippen LogP contribution is -2.15.